The van der Waals surface area contributed by atoms with Crippen LogP contribution in [0.25, 0.3) is 0 Å². The Hall–Kier alpha value is -0.0100. The second-order valence-corrected chi connectivity index (χ2v) is 3.57. The highest BCUT2D eigenvalue weighted by Crippen LogP contribution is 2.38. The van der Waals surface area contributed by atoms with E-state index in [2.05, 4.69) is 13.5 Å². The number of aliphatic hydroxyl groups is 1. The first-order chi connectivity index (χ1) is 4.57. The monoisotopic (exact) mass is 160 g/mol. The zero-order chi connectivity index (χ0) is 7.78. The third kappa shape index (κ3) is 1.35. The van der Waals surface area contributed by atoms with E-state index in [9.17, 15) is 5.11 Å². The molecule has 0 bridgehead atoms. The van der Waals surface area contributed by atoms with Crippen molar-refractivity contribution in [2.24, 2.45) is 5.92 Å². The van der Waals surface area contributed by atoms with Gasteiger partial charge in [0.05, 0.1) is 11.5 Å². The molecule has 10 heavy (non-hydrogen) atoms. The predicted octanol–water partition coefficient (Wildman–Crippen LogP) is 1.94. The minimum absolute atomic E-state index is 0.330. The lowest BCUT2D eigenvalue weighted by Gasteiger charge is -2.17. The molecule has 2 atom stereocenters. The van der Waals surface area contributed by atoms with Crippen molar-refractivity contribution in [2.75, 3.05) is 5.88 Å². The van der Waals surface area contributed by atoms with E-state index in [4.69, 9.17) is 11.6 Å². The third-order valence-corrected chi connectivity index (χ3v) is 2.69. The van der Waals surface area contributed by atoms with Gasteiger partial charge in [-0.2, -0.15) is 0 Å². The Balaban J connectivity index is 2.64. The van der Waals surface area contributed by atoms with E-state index in [-0.39, 0.29) is 0 Å². The fourth-order valence-corrected chi connectivity index (χ4v) is 1.69. The van der Waals surface area contributed by atoms with Gasteiger partial charge in [0.25, 0.3) is 0 Å². The average Bonchev–Trinajstić information content (AvgIpc) is 2.10. The molecule has 0 aromatic rings. The van der Waals surface area contributed by atoms with E-state index in [1.165, 1.54) is 0 Å². The molecule has 2 unspecified atom stereocenters. The van der Waals surface area contributed by atoms with Crippen LogP contribution >= 0.6 is 11.6 Å². The number of hydrogen-bond donors (Lipinski definition) is 1. The molecule has 0 radical (unpaired) electrons. The molecule has 0 heterocycles. The zero-order valence-electron chi connectivity index (χ0n) is 6.23. The van der Waals surface area contributed by atoms with Crippen molar-refractivity contribution in [1.29, 1.82) is 0 Å². The van der Waals surface area contributed by atoms with Crippen LogP contribution in [-0.2, 0) is 0 Å². The van der Waals surface area contributed by atoms with Crippen LogP contribution in [0.4, 0.5) is 0 Å². The van der Waals surface area contributed by atoms with Gasteiger partial charge in [-0.3, -0.25) is 0 Å². The summed E-state index contributed by atoms with van der Waals surface area (Å²) in [5.41, 5.74) is 0.473. The van der Waals surface area contributed by atoms with Gasteiger partial charge in [-0.1, -0.05) is 19.1 Å². The van der Waals surface area contributed by atoms with Gasteiger partial charge in [-0.15, -0.1) is 11.6 Å². The highest BCUT2D eigenvalue weighted by atomic mass is 35.5. The fraction of sp³-hybridized carbons (Fsp3) is 0.750. The van der Waals surface area contributed by atoms with Crippen molar-refractivity contribution in [3.63, 3.8) is 0 Å². The van der Waals surface area contributed by atoms with Gasteiger partial charge in [0.1, 0.15) is 0 Å². The van der Waals surface area contributed by atoms with Gasteiger partial charge >= 0.3 is 0 Å². The van der Waals surface area contributed by atoms with Crippen LogP contribution in [0.5, 0.6) is 0 Å². The van der Waals surface area contributed by atoms with E-state index in [0.29, 0.717) is 18.2 Å². The summed E-state index contributed by atoms with van der Waals surface area (Å²) < 4.78 is 0. The second kappa shape index (κ2) is 2.55. The minimum atomic E-state index is -0.655. The Morgan fingerprint density at radius 3 is 2.70 bits per heavy atom. The van der Waals surface area contributed by atoms with E-state index >= 15 is 0 Å². The maximum absolute atomic E-state index is 9.65. The molecular formula is C8H13ClO. The van der Waals surface area contributed by atoms with Crippen LogP contribution in [0.1, 0.15) is 19.8 Å². The summed E-state index contributed by atoms with van der Waals surface area (Å²) in [5.74, 6) is 0.764. The summed E-state index contributed by atoms with van der Waals surface area (Å²) in [6.07, 6.45) is 1.45. The van der Waals surface area contributed by atoms with E-state index < -0.39 is 5.60 Å². The van der Waals surface area contributed by atoms with Crippen LogP contribution in [0, 0.1) is 5.92 Å². The zero-order valence-corrected chi connectivity index (χ0v) is 6.99. The molecule has 1 aliphatic carbocycles. The summed E-state index contributed by atoms with van der Waals surface area (Å²) in [7, 11) is 0. The Labute approximate surface area is 66.7 Å². The standard InChI is InChI=1S/C8H13ClO/c1-6-3-8(10,5-9)4-7(6)2/h7,10H,1,3-5H2,2H3. The Morgan fingerprint density at radius 1 is 1.90 bits per heavy atom. The molecule has 0 spiro atoms. The van der Waals surface area contributed by atoms with Crippen molar-refractivity contribution in [1.82, 2.24) is 0 Å². The van der Waals surface area contributed by atoms with Gasteiger partial charge in [0.15, 0.2) is 0 Å². The highest BCUT2D eigenvalue weighted by molar-refractivity contribution is 6.18. The molecule has 0 aliphatic heterocycles. The molecule has 1 N–H and O–H groups in total. The lowest BCUT2D eigenvalue weighted by atomic mass is 10.0. The van der Waals surface area contributed by atoms with Crippen molar-refractivity contribution in [2.45, 2.75) is 25.4 Å². The van der Waals surface area contributed by atoms with Crippen LogP contribution < -0.4 is 0 Å². The smallest absolute Gasteiger partial charge is 0.0824 e. The number of hydrogen-bond acceptors (Lipinski definition) is 1. The fourth-order valence-electron chi connectivity index (χ4n) is 1.49. The molecule has 2 heteroatoms. The van der Waals surface area contributed by atoms with E-state index in [0.717, 1.165) is 12.0 Å². The largest absolute Gasteiger partial charge is 0.388 e. The molecule has 0 amide bonds. The molecule has 58 valence electrons. The van der Waals surface area contributed by atoms with Gasteiger partial charge in [-0.05, 0) is 18.8 Å². The Bertz CT molecular complexity index is 155. The average molecular weight is 161 g/mol. The Kier molecular flexibility index (Phi) is 2.07. The van der Waals surface area contributed by atoms with Gasteiger partial charge < -0.3 is 5.11 Å². The normalized spacial score (nSPS) is 40.7. The topological polar surface area (TPSA) is 20.2 Å². The first kappa shape index (κ1) is 8.09. The molecule has 1 aliphatic rings. The SMILES string of the molecule is C=C1CC(O)(CCl)CC1C. The summed E-state index contributed by atoms with van der Waals surface area (Å²) in [5, 5.41) is 9.65. The molecule has 0 aromatic heterocycles. The van der Waals surface area contributed by atoms with Crippen LogP contribution in [0.15, 0.2) is 12.2 Å². The number of rotatable bonds is 1. The lowest BCUT2D eigenvalue weighted by molar-refractivity contribution is 0.0698. The third-order valence-electron chi connectivity index (χ3n) is 2.19. The van der Waals surface area contributed by atoms with Crippen molar-refractivity contribution in [3.05, 3.63) is 12.2 Å². The van der Waals surface area contributed by atoms with Crippen molar-refractivity contribution >= 4 is 11.6 Å². The molecule has 0 aromatic carbocycles. The quantitative estimate of drug-likeness (QED) is 0.459. The number of alkyl halides is 1. The van der Waals surface area contributed by atoms with Crippen molar-refractivity contribution in [3.8, 4) is 0 Å². The molecule has 1 rings (SSSR count). The predicted molar refractivity (Wildman–Crippen MR) is 43.2 cm³/mol. The Morgan fingerprint density at radius 2 is 2.50 bits per heavy atom. The molecular weight excluding hydrogens is 148 g/mol. The first-order valence-corrected chi connectivity index (χ1v) is 4.07. The van der Waals surface area contributed by atoms with Crippen LogP contribution in [0.2, 0.25) is 0 Å². The molecule has 1 fully saturated rings. The minimum Gasteiger partial charge on any atom is -0.388 e. The van der Waals surface area contributed by atoms with E-state index in [1.807, 2.05) is 0 Å². The van der Waals surface area contributed by atoms with E-state index in [1.54, 1.807) is 0 Å². The summed E-state index contributed by atoms with van der Waals surface area (Å²) in [4.78, 5) is 0. The molecule has 0 saturated heterocycles. The van der Waals surface area contributed by atoms with Gasteiger partial charge in [0.2, 0.25) is 0 Å². The van der Waals surface area contributed by atoms with Crippen LogP contribution in [0.3, 0.4) is 0 Å². The summed E-state index contributed by atoms with van der Waals surface area (Å²) in [6, 6.07) is 0. The van der Waals surface area contributed by atoms with Gasteiger partial charge in [0, 0.05) is 0 Å². The highest BCUT2D eigenvalue weighted by Gasteiger charge is 2.36. The summed E-state index contributed by atoms with van der Waals surface area (Å²) >= 11 is 5.59. The second-order valence-electron chi connectivity index (χ2n) is 3.30. The van der Waals surface area contributed by atoms with Crippen LogP contribution in [-0.4, -0.2) is 16.6 Å². The molecule has 1 nitrogen and oxygen atoms in total. The van der Waals surface area contributed by atoms with Gasteiger partial charge in [-0.25, -0.2) is 0 Å². The maximum atomic E-state index is 9.65. The number of halogens is 1. The summed E-state index contributed by atoms with van der Waals surface area (Å²) in [6.45, 7) is 5.94. The first-order valence-electron chi connectivity index (χ1n) is 3.53. The van der Waals surface area contributed by atoms with Crippen molar-refractivity contribution < 1.29 is 5.11 Å². The lowest BCUT2D eigenvalue weighted by Crippen LogP contribution is -2.26. The maximum Gasteiger partial charge on any atom is 0.0824 e. The molecule has 1 saturated carbocycles.